The van der Waals surface area contributed by atoms with E-state index in [1.807, 2.05) is 17.0 Å². The van der Waals surface area contributed by atoms with Gasteiger partial charge in [0, 0.05) is 57.0 Å². The van der Waals surface area contributed by atoms with Crippen LogP contribution in [0.25, 0.3) is 0 Å². The average molecular weight is 483 g/mol. The van der Waals surface area contributed by atoms with Gasteiger partial charge in [0.2, 0.25) is 17.7 Å². The Morgan fingerprint density at radius 1 is 1.17 bits per heavy atom. The molecule has 0 radical (unpaired) electrons. The molecule has 1 aromatic rings. The molecule has 2 bridgehead atoms. The van der Waals surface area contributed by atoms with Crippen LogP contribution in [0.5, 0.6) is 0 Å². The zero-order valence-corrected chi connectivity index (χ0v) is 21.6. The summed E-state index contributed by atoms with van der Waals surface area (Å²) in [4.78, 5) is 47.6. The topological polar surface area (TPSA) is 82.6 Å². The van der Waals surface area contributed by atoms with Crippen LogP contribution < -0.4 is 5.32 Å². The maximum absolute atomic E-state index is 13.5. The van der Waals surface area contributed by atoms with Crippen molar-refractivity contribution in [3.05, 3.63) is 30.1 Å². The molecule has 0 spiro atoms. The Morgan fingerprint density at radius 2 is 2.00 bits per heavy atom. The lowest BCUT2D eigenvalue weighted by Crippen LogP contribution is -2.60. The Hall–Kier alpha value is -2.44. The van der Waals surface area contributed by atoms with Crippen LogP contribution in [0.3, 0.4) is 0 Å². The molecule has 35 heavy (non-hydrogen) atoms. The minimum Gasteiger partial charge on any atom is -0.353 e. The van der Waals surface area contributed by atoms with Crippen LogP contribution in [0, 0.1) is 23.7 Å². The number of nitrogens with one attached hydrogen (secondary N) is 1. The van der Waals surface area contributed by atoms with Crippen molar-refractivity contribution < 1.29 is 14.4 Å². The van der Waals surface area contributed by atoms with Gasteiger partial charge in [0.1, 0.15) is 0 Å². The maximum atomic E-state index is 13.5. The molecule has 5 atom stereocenters. The molecule has 0 saturated carbocycles. The van der Waals surface area contributed by atoms with Gasteiger partial charge in [-0.2, -0.15) is 0 Å². The third-order valence-corrected chi connectivity index (χ3v) is 8.27. The summed E-state index contributed by atoms with van der Waals surface area (Å²) in [5, 5.41) is 3.25. The summed E-state index contributed by atoms with van der Waals surface area (Å²) in [6, 6.07) is 4.09. The number of pyridine rings is 1. The van der Waals surface area contributed by atoms with Crippen molar-refractivity contribution in [2.45, 2.75) is 84.2 Å². The second-order valence-corrected chi connectivity index (χ2v) is 11.5. The monoisotopic (exact) mass is 482 g/mol. The third-order valence-electron chi connectivity index (χ3n) is 8.27. The number of carbonyl (C=O) groups excluding carboxylic acids is 3. The number of rotatable bonds is 3. The summed E-state index contributed by atoms with van der Waals surface area (Å²) < 4.78 is 0. The number of likely N-dealkylation sites (tertiary alicyclic amines) is 1. The highest BCUT2D eigenvalue weighted by Crippen LogP contribution is 2.36. The van der Waals surface area contributed by atoms with E-state index < -0.39 is 0 Å². The lowest BCUT2D eigenvalue weighted by Gasteiger charge is -2.51. The molecule has 4 rings (SSSR count). The summed E-state index contributed by atoms with van der Waals surface area (Å²) in [5.74, 6) is 1.80. The van der Waals surface area contributed by atoms with Crippen molar-refractivity contribution in [3.63, 3.8) is 0 Å². The largest absolute Gasteiger partial charge is 0.353 e. The average Bonchev–Trinajstić information content (AvgIpc) is 2.83. The van der Waals surface area contributed by atoms with E-state index in [0.717, 1.165) is 50.8 Å². The van der Waals surface area contributed by atoms with Crippen LogP contribution in [-0.2, 0) is 20.8 Å². The van der Waals surface area contributed by atoms with Gasteiger partial charge in [-0.25, -0.2) is 0 Å². The number of piperidine rings is 2. The van der Waals surface area contributed by atoms with Gasteiger partial charge < -0.3 is 15.1 Å². The molecule has 3 aliphatic heterocycles. The first-order chi connectivity index (χ1) is 16.8. The normalized spacial score (nSPS) is 30.6. The molecular weight excluding hydrogens is 440 g/mol. The van der Waals surface area contributed by atoms with Gasteiger partial charge in [0.25, 0.3) is 0 Å². The van der Waals surface area contributed by atoms with Gasteiger partial charge in [-0.1, -0.05) is 26.8 Å². The van der Waals surface area contributed by atoms with Gasteiger partial charge in [-0.05, 0) is 67.4 Å². The number of nitrogens with zero attached hydrogens (tertiary/aromatic N) is 3. The van der Waals surface area contributed by atoms with Crippen molar-refractivity contribution in [1.82, 2.24) is 20.1 Å². The quantitative estimate of drug-likeness (QED) is 0.716. The molecule has 0 aromatic carbocycles. The Morgan fingerprint density at radius 3 is 2.74 bits per heavy atom. The van der Waals surface area contributed by atoms with Crippen LogP contribution >= 0.6 is 0 Å². The van der Waals surface area contributed by atoms with Crippen LogP contribution in [0.1, 0.15) is 71.3 Å². The number of hydrogen-bond acceptors (Lipinski definition) is 4. The number of carbonyl (C=O) groups is 3. The van der Waals surface area contributed by atoms with Crippen LogP contribution in [0.15, 0.2) is 24.5 Å². The molecule has 1 aromatic heterocycles. The molecule has 0 aliphatic carbocycles. The smallest absolute Gasteiger partial charge is 0.227 e. The lowest BCUT2D eigenvalue weighted by atomic mass is 9.77. The molecule has 1 N–H and O–H groups in total. The summed E-state index contributed by atoms with van der Waals surface area (Å²) in [5.41, 5.74) is 0.937. The van der Waals surface area contributed by atoms with E-state index in [1.165, 1.54) is 0 Å². The van der Waals surface area contributed by atoms with E-state index in [4.69, 9.17) is 0 Å². The molecule has 3 aliphatic rings. The van der Waals surface area contributed by atoms with Crippen molar-refractivity contribution in [2.24, 2.45) is 23.7 Å². The van der Waals surface area contributed by atoms with Crippen LogP contribution in [0.2, 0.25) is 0 Å². The second kappa shape index (κ2) is 11.5. The Labute approximate surface area is 210 Å². The molecule has 3 fully saturated rings. The molecule has 4 heterocycles. The highest BCUT2D eigenvalue weighted by molar-refractivity contribution is 5.79. The van der Waals surface area contributed by atoms with E-state index in [2.05, 4.69) is 36.0 Å². The van der Waals surface area contributed by atoms with E-state index in [9.17, 15) is 14.4 Å². The Kier molecular flexibility index (Phi) is 8.45. The highest BCUT2D eigenvalue weighted by atomic mass is 16.2. The van der Waals surface area contributed by atoms with E-state index in [0.29, 0.717) is 43.6 Å². The summed E-state index contributed by atoms with van der Waals surface area (Å²) in [6.07, 6.45) is 9.42. The minimum absolute atomic E-state index is 0.106. The van der Waals surface area contributed by atoms with E-state index in [-0.39, 0.29) is 35.7 Å². The predicted molar refractivity (Wildman–Crippen MR) is 135 cm³/mol. The van der Waals surface area contributed by atoms with E-state index in [1.54, 1.807) is 12.4 Å². The first-order valence-corrected chi connectivity index (χ1v) is 13.6. The predicted octanol–water partition coefficient (Wildman–Crippen LogP) is 3.43. The SMILES string of the molecule is CC(C)[C@@H]1CC[C@@H](C)CC(=O)N2C[C@H]3C[C@@H](CN(C(=O)Cc4cccnc4)C3)[C@@H]2CCCC(=O)N1. The van der Waals surface area contributed by atoms with Gasteiger partial charge >= 0.3 is 0 Å². The molecular formula is C28H42N4O3. The summed E-state index contributed by atoms with van der Waals surface area (Å²) >= 11 is 0. The number of aromatic nitrogens is 1. The third kappa shape index (κ3) is 6.62. The number of amides is 3. The Bertz CT molecular complexity index is 889. The minimum atomic E-state index is 0.106. The van der Waals surface area contributed by atoms with Crippen LogP contribution in [0.4, 0.5) is 0 Å². The molecule has 0 unspecified atom stereocenters. The van der Waals surface area contributed by atoms with Crippen molar-refractivity contribution in [3.8, 4) is 0 Å². The van der Waals surface area contributed by atoms with Crippen molar-refractivity contribution in [2.75, 3.05) is 19.6 Å². The standard InChI is InChI=1S/C28H42N4O3/c1-19(2)24-10-9-20(3)12-28(35)32-17-22-13-23(25(32)7-4-8-26(33)30-24)18-31(16-22)27(34)14-21-6-5-11-29-15-21/h5-6,11,15,19-20,22-25H,4,7-10,12-14,16-18H2,1-3H3,(H,30,33)/t20-,22+,23+,24+,25+/m1/s1. The summed E-state index contributed by atoms with van der Waals surface area (Å²) in [6.45, 7) is 8.61. The lowest BCUT2D eigenvalue weighted by molar-refractivity contribution is -0.146. The molecule has 192 valence electrons. The molecule has 7 nitrogen and oxygen atoms in total. The first-order valence-electron chi connectivity index (χ1n) is 13.6. The fourth-order valence-electron chi connectivity index (χ4n) is 6.30. The van der Waals surface area contributed by atoms with Gasteiger partial charge in [0.15, 0.2) is 0 Å². The molecule has 7 heteroatoms. The fraction of sp³-hybridized carbons (Fsp3) is 0.714. The summed E-state index contributed by atoms with van der Waals surface area (Å²) in [7, 11) is 0. The molecule has 3 saturated heterocycles. The van der Waals surface area contributed by atoms with Crippen molar-refractivity contribution >= 4 is 17.7 Å². The molecule has 3 amide bonds. The Balaban J connectivity index is 1.47. The van der Waals surface area contributed by atoms with Crippen LogP contribution in [-0.4, -0.2) is 64.2 Å². The number of fused-ring (bicyclic) bond motifs is 4. The van der Waals surface area contributed by atoms with E-state index >= 15 is 0 Å². The highest BCUT2D eigenvalue weighted by Gasteiger charge is 2.43. The van der Waals surface area contributed by atoms with Crippen molar-refractivity contribution in [1.29, 1.82) is 0 Å². The maximum Gasteiger partial charge on any atom is 0.227 e. The fourth-order valence-corrected chi connectivity index (χ4v) is 6.30. The zero-order chi connectivity index (χ0) is 24.9. The van der Waals surface area contributed by atoms with Gasteiger partial charge in [-0.3, -0.25) is 19.4 Å². The van der Waals surface area contributed by atoms with Gasteiger partial charge in [0.05, 0.1) is 6.42 Å². The number of hydrogen-bond donors (Lipinski definition) is 1. The second-order valence-electron chi connectivity index (χ2n) is 11.5. The zero-order valence-electron chi connectivity index (χ0n) is 21.6. The van der Waals surface area contributed by atoms with Gasteiger partial charge in [-0.15, -0.1) is 0 Å². The first kappa shape index (κ1) is 25.6.